The first-order valence-electron chi connectivity index (χ1n) is 10.5. The number of carbonyl (C=O) groups excluding carboxylic acids is 1. The third-order valence-corrected chi connectivity index (χ3v) is 9.64. The Morgan fingerprint density at radius 1 is 1.06 bits per heavy atom. The van der Waals surface area contributed by atoms with E-state index in [0.717, 1.165) is 6.42 Å². The number of halogens is 1. The molecule has 4 rings (SSSR count). The SMILES string of the molecule is COc1cccc(OC)c1NC(=O)c1ccc(Oc2cc3c(cc2Cl)CCC[Si]3(C)C)o1. The summed E-state index contributed by atoms with van der Waals surface area (Å²) in [4.78, 5) is 12.8. The molecule has 3 aromatic rings. The van der Waals surface area contributed by atoms with E-state index in [2.05, 4.69) is 18.4 Å². The summed E-state index contributed by atoms with van der Waals surface area (Å²) in [5.74, 6) is 1.34. The van der Waals surface area contributed by atoms with Crippen molar-refractivity contribution in [2.75, 3.05) is 19.5 Å². The number of methoxy groups -OCH3 is 2. The lowest BCUT2D eigenvalue weighted by Crippen LogP contribution is -2.46. The number of carbonyl (C=O) groups is 1. The van der Waals surface area contributed by atoms with E-state index in [9.17, 15) is 4.79 Å². The van der Waals surface area contributed by atoms with Crippen molar-refractivity contribution < 1.29 is 23.4 Å². The van der Waals surface area contributed by atoms with E-state index in [0.29, 0.717) is 28.0 Å². The predicted molar refractivity (Wildman–Crippen MR) is 128 cm³/mol. The number of ether oxygens (including phenoxy) is 3. The summed E-state index contributed by atoms with van der Waals surface area (Å²) in [6, 6.07) is 13.7. The van der Waals surface area contributed by atoms with Gasteiger partial charge in [-0.25, -0.2) is 0 Å². The van der Waals surface area contributed by atoms with Crippen LogP contribution in [0.5, 0.6) is 23.2 Å². The highest BCUT2D eigenvalue weighted by Gasteiger charge is 2.31. The Balaban J connectivity index is 1.55. The fourth-order valence-corrected chi connectivity index (χ4v) is 7.26. The Labute approximate surface area is 193 Å². The molecule has 168 valence electrons. The van der Waals surface area contributed by atoms with Crippen LogP contribution in [0.1, 0.15) is 22.5 Å². The summed E-state index contributed by atoms with van der Waals surface area (Å²) in [5.41, 5.74) is 1.74. The smallest absolute Gasteiger partial charge is 0.291 e. The van der Waals surface area contributed by atoms with Crippen LogP contribution in [-0.4, -0.2) is 28.2 Å². The van der Waals surface area contributed by atoms with Crippen LogP contribution in [0.3, 0.4) is 0 Å². The maximum absolute atomic E-state index is 12.8. The lowest BCUT2D eigenvalue weighted by Gasteiger charge is -2.31. The van der Waals surface area contributed by atoms with E-state index in [-0.39, 0.29) is 11.7 Å². The molecule has 0 spiro atoms. The highest BCUT2D eigenvalue weighted by molar-refractivity contribution is 6.90. The molecule has 0 aliphatic carbocycles. The molecule has 0 fully saturated rings. The van der Waals surface area contributed by atoms with Crippen LogP contribution in [0.15, 0.2) is 46.9 Å². The van der Waals surface area contributed by atoms with Crippen molar-refractivity contribution >= 4 is 36.5 Å². The van der Waals surface area contributed by atoms with Crippen LogP contribution < -0.4 is 24.7 Å². The van der Waals surface area contributed by atoms with Gasteiger partial charge in [-0.3, -0.25) is 4.79 Å². The van der Waals surface area contributed by atoms with Crippen LogP contribution in [0.2, 0.25) is 24.2 Å². The quantitative estimate of drug-likeness (QED) is 0.456. The Morgan fingerprint density at radius 2 is 1.78 bits per heavy atom. The van der Waals surface area contributed by atoms with Gasteiger partial charge in [0.15, 0.2) is 5.76 Å². The minimum absolute atomic E-state index is 0.0942. The molecule has 0 radical (unpaired) electrons. The van der Waals surface area contributed by atoms with Crippen molar-refractivity contribution in [2.45, 2.75) is 32.0 Å². The van der Waals surface area contributed by atoms with Crippen molar-refractivity contribution in [3.8, 4) is 23.2 Å². The third kappa shape index (κ3) is 4.35. The molecule has 0 atom stereocenters. The van der Waals surface area contributed by atoms with E-state index >= 15 is 0 Å². The van der Waals surface area contributed by atoms with Crippen LogP contribution in [0, 0.1) is 0 Å². The number of rotatable bonds is 6. The highest BCUT2D eigenvalue weighted by Crippen LogP contribution is 2.36. The van der Waals surface area contributed by atoms with Gasteiger partial charge in [-0.15, -0.1) is 0 Å². The second-order valence-corrected chi connectivity index (χ2v) is 13.6. The molecule has 0 unspecified atom stereocenters. The van der Waals surface area contributed by atoms with Gasteiger partial charge in [0, 0.05) is 6.07 Å². The monoisotopic (exact) mass is 471 g/mol. The minimum atomic E-state index is -1.51. The van der Waals surface area contributed by atoms with Gasteiger partial charge < -0.3 is 23.9 Å². The molecule has 0 saturated carbocycles. The number of anilines is 1. The first-order valence-corrected chi connectivity index (χ1v) is 14.0. The molecule has 1 amide bonds. The number of aryl methyl sites for hydroxylation is 1. The van der Waals surface area contributed by atoms with Gasteiger partial charge in [0.25, 0.3) is 11.9 Å². The van der Waals surface area contributed by atoms with Gasteiger partial charge in [-0.05, 0) is 42.3 Å². The lowest BCUT2D eigenvalue weighted by atomic mass is 10.1. The molecule has 2 aromatic carbocycles. The van der Waals surface area contributed by atoms with Crippen molar-refractivity contribution in [3.05, 3.63) is 58.8 Å². The maximum atomic E-state index is 12.8. The van der Waals surface area contributed by atoms with Gasteiger partial charge >= 0.3 is 0 Å². The van der Waals surface area contributed by atoms with Crippen molar-refractivity contribution in [2.24, 2.45) is 0 Å². The second-order valence-electron chi connectivity index (χ2n) is 8.39. The van der Waals surface area contributed by atoms with Gasteiger partial charge in [0.05, 0.1) is 27.3 Å². The average molecular weight is 472 g/mol. The molecule has 1 aliphatic heterocycles. The van der Waals surface area contributed by atoms with Crippen LogP contribution in [0.4, 0.5) is 5.69 Å². The van der Waals surface area contributed by atoms with Crippen molar-refractivity contribution in [1.29, 1.82) is 0 Å². The zero-order valence-electron chi connectivity index (χ0n) is 18.6. The van der Waals surface area contributed by atoms with Crippen molar-refractivity contribution in [3.63, 3.8) is 0 Å². The normalized spacial score (nSPS) is 14.4. The molecular weight excluding hydrogens is 446 g/mol. The number of fused-ring (bicyclic) bond motifs is 1. The minimum Gasteiger partial charge on any atom is -0.494 e. The molecule has 32 heavy (non-hydrogen) atoms. The zero-order valence-corrected chi connectivity index (χ0v) is 20.3. The van der Waals surface area contributed by atoms with E-state index in [1.807, 2.05) is 12.1 Å². The van der Waals surface area contributed by atoms with Crippen molar-refractivity contribution in [1.82, 2.24) is 0 Å². The van der Waals surface area contributed by atoms with E-state index in [4.69, 9.17) is 30.2 Å². The molecule has 1 aliphatic rings. The summed E-state index contributed by atoms with van der Waals surface area (Å²) in [6.45, 7) is 4.73. The number of hydrogen-bond donors (Lipinski definition) is 1. The Morgan fingerprint density at radius 3 is 2.47 bits per heavy atom. The Hall–Kier alpha value is -2.90. The first kappa shape index (κ1) is 22.3. The fraction of sp³-hybridized carbons (Fsp3) is 0.292. The van der Waals surface area contributed by atoms with Gasteiger partial charge in [0.1, 0.15) is 22.9 Å². The maximum Gasteiger partial charge on any atom is 0.291 e. The van der Waals surface area contributed by atoms with E-state index < -0.39 is 14.0 Å². The molecule has 0 bridgehead atoms. The predicted octanol–water partition coefficient (Wildman–Crippen LogP) is 5.86. The zero-order chi connectivity index (χ0) is 22.9. The highest BCUT2D eigenvalue weighted by atomic mass is 35.5. The summed E-state index contributed by atoms with van der Waals surface area (Å²) in [6.07, 6.45) is 2.25. The number of benzene rings is 2. The number of furan rings is 1. The summed E-state index contributed by atoms with van der Waals surface area (Å²) >= 11 is 6.49. The fourth-order valence-electron chi connectivity index (χ4n) is 4.12. The van der Waals surface area contributed by atoms with Crippen LogP contribution in [0.25, 0.3) is 0 Å². The van der Waals surface area contributed by atoms with E-state index in [1.165, 1.54) is 37.4 Å². The number of para-hydroxylation sites is 1. The summed E-state index contributed by atoms with van der Waals surface area (Å²) < 4.78 is 22.2. The lowest BCUT2D eigenvalue weighted by molar-refractivity contribution is 0.0991. The van der Waals surface area contributed by atoms with Gasteiger partial charge in [-0.2, -0.15) is 0 Å². The molecule has 6 nitrogen and oxygen atoms in total. The topological polar surface area (TPSA) is 69.9 Å². The molecule has 1 N–H and O–H groups in total. The molecule has 1 aromatic heterocycles. The molecule has 8 heteroatoms. The first-order chi connectivity index (χ1) is 15.3. The number of amides is 1. The molecule has 0 saturated heterocycles. The Bertz CT molecular complexity index is 1140. The van der Waals surface area contributed by atoms with Crippen LogP contribution >= 0.6 is 11.6 Å². The second kappa shape index (κ2) is 8.92. The van der Waals surface area contributed by atoms with Gasteiger partial charge in [0.2, 0.25) is 0 Å². The Kier molecular flexibility index (Phi) is 6.21. The number of nitrogens with one attached hydrogen (secondary N) is 1. The molecular formula is C24H26ClNO5Si. The standard InChI is InChI=1S/C24H26ClNO5Si/c1-28-17-8-5-9-18(29-2)23(17)26-24(27)19-10-11-22(30-19)31-20-14-21-15(13-16(20)25)7-6-12-32(21,3)4/h5,8-11,13-14H,6-7,12H2,1-4H3,(H,26,27). The third-order valence-electron chi connectivity index (χ3n) is 5.82. The van der Waals surface area contributed by atoms with Crippen LogP contribution in [-0.2, 0) is 6.42 Å². The molecule has 2 heterocycles. The summed E-state index contributed by atoms with van der Waals surface area (Å²) in [5, 5.41) is 4.69. The summed E-state index contributed by atoms with van der Waals surface area (Å²) in [7, 11) is 1.53. The van der Waals surface area contributed by atoms with Gasteiger partial charge in [-0.1, -0.05) is 48.4 Å². The average Bonchev–Trinajstić information content (AvgIpc) is 3.23. The van der Waals surface area contributed by atoms with E-state index in [1.54, 1.807) is 30.3 Å². The number of hydrogen-bond acceptors (Lipinski definition) is 5. The largest absolute Gasteiger partial charge is 0.494 e.